The molecule has 0 saturated heterocycles. The molecule has 0 radical (unpaired) electrons. The van der Waals surface area contributed by atoms with Gasteiger partial charge in [-0.2, -0.15) is 0 Å². The van der Waals surface area contributed by atoms with Gasteiger partial charge in [-0.25, -0.2) is 8.78 Å². The SMILES string of the molecule is CC(CCC(C)C1CC1)C1=C(F)C(F)=C(O)CC1. The minimum Gasteiger partial charge on any atom is -0.509 e. The topological polar surface area (TPSA) is 20.2 Å². The molecule has 1 nitrogen and oxygen atoms in total. The van der Waals surface area contributed by atoms with E-state index in [-0.39, 0.29) is 12.3 Å². The fourth-order valence-electron chi connectivity index (χ4n) is 2.79. The van der Waals surface area contributed by atoms with E-state index < -0.39 is 17.4 Å². The van der Waals surface area contributed by atoms with Gasteiger partial charge in [-0.15, -0.1) is 0 Å². The van der Waals surface area contributed by atoms with E-state index in [9.17, 15) is 13.9 Å². The van der Waals surface area contributed by atoms with Crippen molar-refractivity contribution in [2.75, 3.05) is 0 Å². The summed E-state index contributed by atoms with van der Waals surface area (Å²) in [5.41, 5.74) is 0.549. The minimum atomic E-state index is -1.04. The van der Waals surface area contributed by atoms with E-state index >= 15 is 0 Å². The Hall–Kier alpha value is -0.860. The number of allylic oxidation sites excluding steroid dienone is 4. The average Bonchev–Trinajstić information content (AvgIpc) is 3.17. The molecule has 1 N–H and O–H groups in total. The largest absolute Gasteiger partial charge is 0.509 e. The highest BCUT2D eigenvalue weighted by atomic mass is 19.2. The zero-order chi connectivity index (χ0) is 13.3. The first-order valence-electron chi connectivity index (χ1n) is 6.97. The van der Waals surface area contributed by atoms with Crippen LogP contribution in [-0.4, -0.2) is 5.11 Å². The minimum absolute atomic E-state index is 0.0741. The Morgan fingerprint density at radius 2 is 1.78 bits per heavy atom. The number of aliphatic hydroxyl groups excluding tert-OH is 1. The predicted octanol–water partition coefficient (Wildman–Crippen LogP) is 5.21. The summed E-state index contributed by atoms with van der Waals surface area (Å²) in [5.74, 6) is -0.653. The average molecular weight is 256 g/mol. The second-order valence-electron chi connectivity index (χ2n) is 5.89. The third kappa shape index (κ3) is 2.93. The molecule has 2 unspecified atom stereocenters. The Labute approximate surface area is 108 Å². The first-order chi connectivity index (χ1) is 8.50. The summed E-state index contributed by atoms with van der Waals surface area (Å²) in [4.78, 5) is 0. The van der Waals surface area contributed by atoms with Gasteiger partial charge in [-0.3, -0.25) is 0 Å². The molecule has 0 heterocycles. The molecule has 0 bridgehead atoms. The van der Waals surface area contributed by atoms with Crippen LogP contribution >= 0.6 is 0 Å². The van der Waals surface area contributed by atoms with Crippen LogP contribution in [0.5, 0.6) is 0 Å². The normalized spacial score (nSPS) is 24.4. The van der Waals surface area contributed by atoms with E-state index in [4.69, 9.17) is 0 Å². The van der Waals surface area contributed by atoms with Gasteiger partial charge >= 0.3 is 0 Å². The van der Waals surface area contributed by atoms with Gasteiger partial charge in [0.2, 0.25) is 0 Å². The number of aliphatic hydroxyl groups is 1. The van der Waals surface area contributed by atoms with Gasteiger partial charge < -0.3 is 5.11 Å². The second-order valence-corrected chi connectivity index (χ2v) is 5.89. The summed E-state index contributed by atoms with van der Waals surface area (Å²) in [7, 11) is 0. The highest BCUT2D eigenvalue weighted by molar-refractivity contribution is 5.32. The van der Waals surface area contributed by atoms with Gasteiger partial charge in [-0.1, -0.05) is 13.8 Å². The van der Waals surface area contributed by atoms with Crippen molar-refractivity contribution in [3.63, 3.8) is 0 Å². The lowest BCUT2D eigenvalue weighted by atomic mass is 9.86. The maximum absolute atomic E-state index is 13.7. The third-order valence-electron chi connectivity index (χ3n) is 4.44. The van der Waals surface area contributed by atoms with E-state index in [2.05, 4.69) is 6.92 Å². The molecule has 0 amide bonds. The fourth-order valence-corrected chi connectivity index (χ4v) is 2.79. The monoisotopic (exact) mass is 256 g/mol. The van der Waals surface area contributed by atoms with Crippen molar-refractivity contribution in [1.82, 2.24) is 0 Å². The van der Waals surface area contributed by atoms with E-state index in [1.165, 1.54) is 12.8 Å². The standard InChI is InChI=1S/C15H22F2O/c1-9(11-5-6-11)3-4-10(2)12-7-8-13(18)15(17)14(12)16/h9-11,18H,3-8H2,1-2H3. The molecule has 18 heavy (non-hydrogen) atoms. The van der Waals surface area contributed by atoms with E-state index in [0.717, 1.165) is 18.8 Å². The quantitative estimate of drug-likeness (QED) is 0.716. The molecule has 102 valence electrons. The highest BCUT2D eigenvalue weighted by Crippen LogP contribution is 2.41. The van der Waals surface area contributed by atoms with Crippen LogP contribution < -0.4 is 0 Å². The Kier molecular flexibility index (Phi) is 4.08. The molecule has 2 atom stereocenters. The third-order valence-corrected chi connectivity index (χ3v) is 4.44. The van der Waals surface area contributed by atoms with Crippen LogP contribution in [0.4, 0.5) is 8.78 Å². The molecule has 0 aromatic heterocycles. The van der Waals surface area contributed by atoms with Crippen molar-refractivity contribution < 1.29 is 13.9 Å². The van der Waals surface area contributed by atoms with Crippen molar-refractivity contribution in [3.05, 3.63) is 23.0 Å². The zero-order valence-electron chi connectivity index (χ0n) is 11.2. The summed E-state index contributed by atoms with van der Waals surface area (Å²) in [6, 6.07) is 0. The zero-order valence-corrected chi connectivity index (χ0v) is 11.2. The second kappa shape index (κ2) is 5.41. The lowest BCUT2D eigenvalue weighted by molar-refractivity contribution is 0.332. The van der Waals surface area contributed by atoms with Gasteiger partial charge in [0.15, 0.2) is 11.7 Å². The van der Waals surface area contributed by atoms with Gasteiger partial charge in [0, 0.05) is 6.42 Å². The summed E-state index contributed by atoms with van der Waals surface area (Å²) < 4.78 is 27.0. The lowest BCUT2D eigenvalue weighted by Gasteiger charge is -2.21. The van der Waals surface area contributed by atoms with Gasteiger partial charge in [-0.05, 0) is 55.4 Å². The summed E-state index contributed by atoms with van der Waals surface area (Å²) in [5, 5.41) is 9.18. The summed E-state index contributed by atoms with van der Waals surface area (Å²) >= 11 is 0. The van der Waals surface area contributed by atoms with Crippen LogP contribution in [-0.2, 0) is 0 Å². The molecule has 2 aliphatic rings. The molecule has 2 rings (SSSR count). The molecule has 0 spiro atoms. The Morgan fingerprint density at radius 3 is 2.39 bits per heavy atom. The maximum Gasteiger partial charge on any atom is 0.196 e. The Bertz CT molecular complexity index is 380. The van der Waals surface area contributed by atoms with Crippen LogP contribution in [0, 0.1) is 17.8 Å². The van der Waals surface area contributed by atoms with Crippen molar-refractivity contribution in [3.8, 4) is 0 Å². The first kappa shape index (κ1) is 13.6. The molecule has 2 aliphatic carbocycles. The van der Waals surface area contributed by atoms with Crippen molar-refractivity contribution in [2.24, 2.45) is 17.8 Å². The van der Waals surface area contributed by atoms with Gasteiger partial charge in [0.25, 0.3) is 0 Å². The van der Waals surface area contributed by atoms with Crippen LogP contribution in [0.15, 0.2) is 23.0 Å². The van der Waals surface area contributed by atoms with E-state index in [1.807, 2.05) is 6.92 Å². The van der Waals surface area contributed by atoms with E-state index in [1.54, 1.807) is 0 Å². The molecule has 0 aromatic rings. The van der Waals surface area contributed by atoms with E-state index in [0.29, 0.717) is 17.9 Å². The van der Waals surface area contributed by atoms with Gasteiger partial charge in [0.05, 0.1) is 0 Å². The predicted molar refractivity (Wildman–Crippen MR) is 68.4 cm³/mol. The highest BCUT2D eigenvalue weighted by Gasteiger charge is 2.29. The number of rotatable bonds is 5. The first-order valence-corrected chi connectivity index (χ1v) is 6.97. The molecule has 1 saturated carbocycles. The Balaban J connectivity index is 1.93. The lowest BCUT2D eigenvalue weighted by Crippen LogP contribution is -2.10. The smallest absolute Gasteiger partial charge is 0.196 e. The van der Waals surface area contributed by atoms with Crippen LogP contribution in [0.25, 0.3) is 0 Å². The number of hydrogen-bond donors (Lipinski definition) is 1. The molecular weight excluding hydrogens is 234 g/mol. The van der Waals surface area contributed by atoms with Gasteiger partial charge in [0.1, 0.15) is 5.76 Å². The van der Waals surface area contributed by atoms with Crippen LogP contribution in [0.2, 0.25) is 0 Å². The molecular formula is C15H22F2O. The fraction of sp³-hybridized carbons (Fsp3) is 0.733. The van der Waals surface area contributed by atoms with Crippen LogP contribution in [0.3, 0.4) is 0 Å². The molecule has 3 heteroatoms. The van der Waals surface area contributed by atoms with Crippen molar-refractivity contribution in [2.45, 2.75) is 52.4 Å². The number of hydrogen-bond acceptors (Lipinski definition) is 1. The summed E-state index contributed by atoms with van der Waals surface area (Å²) in [6.07, 6.45) is 5.34. The molecule has 1 fully saturated rings. The van der Waals surface area contributed by atoms with Crippen LogP contribution in [0.1, 0.15) is 52.4 Å². The van der Waals surface area contributed by atoms with Crippen molar-refractivity contribution >= 4 is 0 Å². The van der Waals surface area contributed by atoms with Crippen molar-refractivity contribution in [1.29, 1.82) is 0 Å². The molecule has 0 aromatic carbocycles. The summed E-state index contributed by atoms with van der Waals surface area (Å²) in [6.45, 7) is 4.21. The Morgan fingerprint density at radius 1 is 1.11 bits per heavy atom. The molecule has 0 aliphatic heterocycles. The number of halogens is 2. The maximum atomic E-state index is 13.7.